The molecule has 0 aliphatic carbocycles. The van der Waals surface area contributed by atoms with E-state index in [4.69, 9.17) is 4.74 Å². The Morgan fingerprint density at radius 1 is 0.281 bits per heavy atom. The van der Waals surface area contributed by atoms with Crippen LogP contribution in [0.2, 0.25) is 0 Å². The highest BCUT2D eigenvalue weighted by molar-refractivity contribution is 5.76. The van der Waals surface area contributed by atoms with Gasteiger partial charge in [0.15, 0.2) is 0 Å². The lowest BCUT2D eigenvalue weighted by Crippen LogP contribution is -2.45. The van der Waals surface area contributed by atoms with E-state index in [0.717, 1.165) is 38.5 Å². The fourth-order valence-corrected chi connectivity index (χ4v) is 14.2. The minimum Gasteiger partial charge on any atom is -0.466 e. The molecule has 0 spiro atoms. The fourth-order valence-electron chi connectivity index (χ4n) is 14.2. The molecule has 0 aromatic rings. The predicted octanol–water partition coefficient (Wildman–Crippen LogP) is 29.7. The minimum atomic E-state index is -0.844. The third kappa shape index (κ3) is 81.0. The van der Waals surface area contributed by atoms with Crippen LogP contribution >= 0.6 is 0 Å². The van der Waals surface area contributed by atoms with Crippen LogP contribution in [0.4, 0.5) is 0 Å². The Kier molecular flexibility index (Phi) is 83.8. The summed E-state index contributed by atoms with van der Waals surface area (Å²) in [6.45, 7) is 4.96. The summed E-state index contributed by atoms with van der Waals surface area (Å²) < 4.78 is 5.52. The quantitative estimate of drug-likeness (QED) is 0.0320. The number of aliphatic hydroxyl groups is 2. The van der Waals surface area contributed by atoms with Crippen molar-refractivity contribution in [2.24, 2.45) is 0 Å². The molecule has 1 amide bonds. The van der Waals surface area contributed by atoms with E-state index in [1.807, 2.05) is 6.08 Å². The molecule has 0 radical (unpaired) electrons. The normalized spacial score (nSPS) is 12.6. The van der Waals surface area contributed by atoms with Crippen LogP contribution in [-0.2, 0) is 14.3 Å². The Bertz CT molecular complexity index is 1560. The molecule has 0 saturated heterocycles. The van der Waals surface area contributed by atoms with E-state index < -0.39 is 12.1 Å². The van der Waals surface area contributed by atoms with Gasteiger partial charge in [0.2, 0.25) is 5.91 Å². The molecule has 6 nitrogen and oxygen atoms in total. The first-order valence-electron chi connectivity index (χ1n) is 44.3. The third-order valence-corrected chi connectivity index (χ3v) is 20.9. The van der Waals surface area contributed by atoms with Crippen molar-refractivity contribution in [2.75, 3.05) is 13.2 Å². The molecule has 0 saturated carbocycles. The molecule has 0 aliphatic heterocycles. The standard InChI is InChI=1S/C90H173NO5/c1-3-5-7-9-11-13-15-17-19-21-23-24-25-41-44-47-50-54-58-62-66-70-74-78-82-88(93)87(86-92)91-89(94)83-79-75-71-67-63-59-55-51-48-45-42-39-37-35-33-31-29-27-26-28-30-32-34-36-38-40-43-46-49-53-57-61-65-69-73-77-81-85-96-90(95)84-80-76-72-68-64-60-56-52-22-20-18-16-14-12-10-8-6-4-2/h20,22,26,28,78,82,87-88,92-93H,3-19,21,23-25,27,29-77,79-81,83-86H2,1-2H3,(H,91,94)/b22-20-,28-26-,82-78+. The number of carbonyl (C=O) groups excluding carboxylic acids is 2. The molecule has 0 rings (SSSR count). The maximum absolute atomic E-state index is 12.6. The molecule has 96 heavy (non-hydrogen) atoms. The Morgan fingerprint density at radius 3 is 0.740 bits per heavy atom. The number of unbranched alkanes of at least 4 members (excludes halogenated alkanes) is 69. The summed E-state index contributed by atoms with van der Waals surface area (Å²) in [7, 11) is 0. The Balaban J connectivity index is 3.35. The van der Waals surface area contributed by atoms with E-state index in [-0.39, 0.29) is 18.5 Å². The van der Waals surface area contributed by atoms with E-state index in [9.17, 15) is 19.8 Å². The lowest BCUT2D eigenvalue weighted by atomic mass is 10.0. The average Bonchev–Trinajstić information content (AvgIpc) is 2.88. The molecule has 0 fully saturated rings. The second-order valence-electron chi connectivity index (χ2n) is 30.6. The number of nitrogens with one attached hydrogen (secondary N) is 1. The van der Waals surface area contributed by atoms with Gasteiger partial charge in [-0.1, -0.05) is 442 Å². The van der Waals surface area contributed by atoms with Crippen molar-refractivity contribution in [3.8, 4) is 0 Å². The van der Waals surface area contributed by atoms with E-state index in [2.05, 4.69) is 43.5 Å². The van der Waals surface area contributed by atoms with Crippen molar-refractivity contribution in [3.63, 3.8) is 0 Å². The van der Waals surface area contributed by atoms with Crippen molar-refractivity contribution in [2.45, 2.75) is 514 Å². The van der Waals surface area contributed by atoms with Crippen LogP contribution in [0, 0.1) is 0 Å². The maximum atomic E-state index is 12.6. The minimum absolute atomic E-state index is 0.0194. The molecule has 0 aromatic carbocycles. The van der Waals surface area contributed by atoms with Crippen LogP contribution in [0.5, 0.6) is 0 Å². The Morgan fingerprint density at radius 2 is 0.490 bits per heavy atom. The number of aliphatic hydroxyl groups excluding tert-OH is 2. The zero-order valence-corrected chi connectivity index (χ0v) is 65.4. The first-order valence-corrected chi connectivity index (χ1v) is 44.3. The van der Waals surface area contributed by atoms with Gasteiger partial charge in [0.1, 0.15) is 0 Å². The zero-order valence-electron chi connectivity index (χ0n) is 65.4. The summed E-state index contributed by atoms with van der Waals surface area (Å²) in [5.41, 5.74) is 0. The first kappa shape index (κ1) is 94.1. The number of amides is 1. The van der Waals surface area contributed by atoms with Gasteiger partial charge < -0.3 is 20.3 Å². The highest BCUT2D eigenvalue weighted by Gasteiger charge is 2.18. The van der Waals surface area contributed by atoms with Crippen molar-refractivity contribution in [3.05, 3.63) is 36.5 Å². The summed E-state index contributed by atoms with van der Waals surface area (Å²) in [5, 5.41) is 23.3. The number of allylic oxidation sites excluding steroid dienone is 5. The summed E-state index contributed by atoms with van der Waals surface area (Å²) >= 11 is 0. The van der Waals surface area contributed by atoms with Crippen LogP contribution < -0.4 is 5.32 Å². The average molecular weight is 1350 g/mol. The van der Waals surface area contributed by atoms with Gasteiger partial charge >= 0.3 is 5.97 Å². The number of rotatable bonds is 84. The largest absolute Gasteiger partial charge is 0.466 e. The van der Waals surface area contributed by atoms with Gasteiger partial charge in [0.25, 0.3) is 0 Å². The van der Waals surface area contributed by atoms with Gasteiger partial charge in [0, 0.05) is 12.8 Å². The number of carbonyl (C=O) groups is 2. The van der Waals surface area contributed by atoms with E-state index in [0.29, 0.717) is 19.4 Å². The second-order valence-corrected chi connectivity index (χ2v) is 30.6. The molecular weight excluding hydrogens is 1170 g/mol. The van der Waals surface area contributed by atoms with E-state index in [1.54, 1.807) is 6.08 Å². The highest BCUT2D eigenvalue weighted by atomic mass is 16.5. The molecular formula is C90H173NO5. The van der Waals surface area contributed by atoms with Crippen LogP contribution in [0.1, 0.15) is 502 Å². The molecule has 2 unspecified atom stereocenters. The molecule has 0 heterocycles. The summed E-state index contributed by atoms with van der Waals surface area (Å²) in [6, 6.07) is -0.627. The van der Waals surface area contributed by atoms with Gasteiger partial charge in [-0.25, -0.2) is 0 Å². The van der Waals surface area contributed by atoms with Crippen LogP contribution in [0.15, 0.2) is 36.5 Å². The van der Waals surface area contributed by atoms with Gasteiger partial charge in [-0.05, 0) is 83.5 Å². The molecule has 0 bridgehead atoms. The number of hydrogen-bond acceptors (Lipinski definition) is 5. The first-order chi connectivity index (χ1) is 47.5. The maximum Gasteiger partial charge on any atom is 0.305 e. The van der Waals surface area contributed by atoms with Gasteiger partial charge in [-0.15, -0.1) is 0 Å². The lowest BCUT2D eigenvalue weighted by Gasteiger charge is -2.20. The summed E-state index contributed by atoms with van der Waals surface area (Å²) in [6.07, 6.45) is 113. The van der Waals surface area contributed by atoms with Crippen LogP contribution in [0.25, 0.3) is 0 Å². The van der Waals surface area contributed by atoms with Crippen molar-refractivity contribution >= 4 is 11.9 Å². The van der Waals surface area contributed by atoms with E-state index in [1.165, 1.54) is 437 Å². The second kappa shape index (κ2) is 85.5. The molecule has 3 N–H and O–H groups in total. The Labute approximate surface area is 602 Å². The van der Waals surface area contributed by atoms with Crippen LogP contribution in [-0.4, -0.2) is 47.4 Å². The summed E-state index contributed by atoms with van der Waals surface area (Å²) in [5.74, 6) is -0.0390. The Hall–Kier alpha value is -1.92. The monoisotopic (exact) mass is 1350 g/mol. The summed E-state index contributed by atoms with van der Waals surface area (Å²) in [4.78, 5) is 24.7. The van der Waals surface area contributed by atoms with Crippen molar-refractivity contribution < 1.29 is 24.5 Å². The van der Waals surface area contributed by atoms with Crippen molar-refractivity contribution in [1.29, 1.82) is 0 Å². The molecule has 2 atom stereocenters. The number of ether oxygens (including phenoxy) is 1. The van der Waals surface area contributed by atoms with E-state index >= 15 is 0 Å². The van der Waals surface area contributed by atoms with Gasteiger partial charge in [0.05, 0.1) is 25.4 Å². The SMILES string of the molecule is CCCCCCCCC/C=C\CCCCCCCCCC(=O)OCCCCCCCCCCCCCCCCCC/C=C\CCCCCCCCCCCCCCCCCCCC(=O)NC(CO)C(O)/C=C/CCCCCCCCCCCCCCCCCCCCCCCC. The topological polar surface area (TPSA) is 95.9 Å². The number of hydrogen-bond donors (Lipinski definition) is 3. The van der Waals surface area contributed by atoms with Crippen LogP contribution in [0.3, 0.4) is 0 Å². The highest BCUT2D eigenvalue weighted by Crippen LogP contribution is 2.21. The van der Waals surface area contributed by atoms with Gasteiger partial charge in [-0.2, -0.15) is 0 Å². The predicted molar refractivity (Wildman–Crippen MR) is 426 cm³/mol. The molecule has 6 heteroatoms. The lowest BCUT2D eigenvalue weighted by molar-refractivity contribution is -0.143. The fraction of sp³-hybridized carbons (Fsp3) is 0.911. The van der Waals surface area contributed by atoms with Gasteiger partial charge in [-0.3, -0.25) is 9.59 Å². The zero-order chi connectivity index (χ0) is 69.1. The third-order valence-electron chi connectivity index (χ3n) is 20.9. The smallest absolute Gasteiger partial charge is 0.305 e. The number of esters is 1. The molecule has 0 aliphatic rings. The molecule has 568 valence electrons. The molecule has 0 aromatic heterocycles. The van der Waals surface area contributed by atoms with Crippen molar-refractivity contribution in [1.82, 2.24) is 5.32 Å².